The molecule has 0 aliphatic rings. The Morgan fingerprint density at radius 2 is 1.91 bits per heavy atom. The number of nitrogens with one attached hydrogen (secondary N) is 2. The van der Waals surface area contributed by atoms with E-state index in [1.54, 1.807) is 6.92 Å². The maximum atomic E-state index is 12.0. The fourth-order valence-corrected chi connectivity index (χ4v) is 3.23. The van der Waals surface area contributed by atoms with E-state index in [9.17, 15) is 9.59 Å². The number of halogens is 2. The second-order valence-electron chi connectivity index (χ2n) is 4.64. The van der Waals surface area contributed by atoms with Crippen molar-refractivity contribution in [3.05, 3.63) is 56.2 Å². The molecule has 0 fully saturated rings. The molecule has 2 aromatic rings. The van der Waals surface area contributed by atoms with Gasteiger partial charge in [0.15, 0.2) is 0 Å². The minimum Gasteiger partial charge on any atom is -0.350 e. The highest BCUT2D eigenvalue weighted by Gasteiger charge is 2.19. The molecule has 0 aliphatic heterocycles. The van der Waals surface area contributed by atoms with Crippen LogP contribution in [0.15, 0.2) is 36.4 Å². The second kappa shape index (κ2) is 7.63. The standard InChI is InChI=1S/C15H14Cl2N2O2S/c1-9(14(20)18-8-10-5-3-2-4-6-10)19-15(21)11-7-12(16)22-13(11)17/h2-7,9H,8H2,1H3,(H,18,20)(H,19,21). The molecule has 1 heterocycles. The molecule has 2 N–H and O–H groups in total. The number of thiophene rings is 1. The van der Waals surface area contributed by atoms with Crippen molar-refractivity contribution in [1.29, 1.82) is 0 Å². The average Bonchev–Trinajstić information content (AvgIpc) is 2.84. The van der Waals surface area contributed by atoms with E-state index in [2.05, 4.69) is 10.6 Å². The molecule has 4 nitrogen and oxygen atoms in total. The van der Waals surface area contributed by atoms with Gasteiger partial charge in [-0.3, -0.25) is 9.59 Å². The molecule has 1 atom stereocenters. The molecule has 2 amide bonds. The minimum atomic E-state index is -0.675. The SMILES string of the molecule is CC(NC(=O)c1cc(Cl)sc1Cl)C(=O)NCc1ccccc1. The highest BCUT2D eigenvalue weighted by atomic mass is 35.5. The molecule has 0 bridgehead atoms. The zero-order valence-electron chi connectivity index (χ0n) is 11.7. The van der Waals surface area contributed by atoms with Crippen LogP contribution >= 0.6 is 34.5 Å². The van der Waals surface area contributed by atoms with E-state index >= 15 is 0 Å². The highest BCUT2D eigenvalue weighted by molar-refractivity contribution is 7.20. The summed E-state index contributed by atoms with van der Waals surface area (Å²) < 4.78 is 0.732. The summed E-state index contributed by atoms with van der Waals surface area (Å²) in [4.78, 5) is 24.0. The Labute approximate surface area is 142 Å². The summed E-state index contributed by atoms with van der Waals surface area (Å²) in [6.07, 6.45) is 0. The van der Waals surface area contributed by atoms with Crippen LogP contribution in [0.4, 0.5) is 0 Å². The van der Waals surface area contributed by atoms with E-state index in [0.29, 0.717) is 15.2 Å². The largest absolute Gasteiger partial charge is 0.350 e. The van der Waals surface area contributed by atoms with Crippen molar-refractivity contribution >= 4 is 46.4 Å². The molecule has 116 valence electrons. The Balaban J connectivity index is 1.88. The number of benzene rings is 1. The van der Waals surface area contributed by atoms with Crippen molar-refractivity contribution in [2.24, 2.45) is 0 Å². The average molecular weight is 357 g/mol. The fourth-order valence-electron chi connectivity index (χ4n) is 1.77. The zero-order chi connectivity index (χ0) is 16.1. The summed E-state index contributed by atoms with van der Waals surface area (Å²) in [6.45, 7) is 2.02. The highest BCUT2D eigenvalue weighted by Crippen LogP contribution is 2.30. The number of carbonyl (C=O) groups excluding carboxylic acids is 2. The van der Waals surface area contributed by atoms with Gasteiger partial charge in [-0.2, -0.15) is 0 Å². The number of amides is 2. The smallest absolute Gasteiger partial charge is 0.254 e. The predicted molar refractivity (Wildman–Crippen MR) is 89.6 cm³/mol. The van der Waals surface area contributed by atoms with Gasteiger partial charge < -0.3 is 10.6 Å². The Kier molecular flexibility index (Phi) is 5.83. The van der Waals surface area contributed by atoms with Gasteiger partial charge >= 0.3 is 0 Å². The van der Waals surface area contributed by atoms with Gasteiger partial charge in [-0.1, -0.05) is 53.5 Å². The molecule has 1 aromatic heterocycles. The third kappa shape index (κ3) is 4.47. The van der Waals surface area contributed by atoms with Gasteiger partial charge in [0.25, 0.3) is 5.91 Å². The van der Waals surface area contributed by atoms with Gasteiger partial charge in [-0.25, -0.2) is 0 Å². The number of hydrogen-bond acceptors (Lipinski definition) is 3. The van der Waals surface area contributed by atoms with Crippen molar-refractivity contribution in [1.82, 2.24) is 10.6 Å². The molecule has 0 saturated carbocycles. The van der Waals surface area contributed by atoms with Gasteiger partial charge in [-0.05, 0) is 18.6 Å². The molecule has 22 heavy (non-hydrogen) atoms. The van der Waals surface area contributed by atoms with Gasteiger partial charge in [0.05, 0.1) is 9.90 Å². The van der Waals surface area contributed by atoms with Crippen molar-refractivity contribution in [2.75, 3.05) is 0 Å². The van der Waals surface area contributed by atoms with Crippen LogP contribution in [0.2, 0.25) is 8.67 Å². The third-order valence-corrected chi connectivity index (χ3v) is 4.44. The van der Waals surface area contributed by atoms with E-state index in [-0.39, 0.29) is 11.5 Å². The summed E-state index contributed by atoms with van der Waals surface area (Å²) in [5.41, 5.74) is 1.27. The van der Waals surface area contributed by atoms with Crippen molar-refractivity contribution in [3.8, 4) is 0 Å². The van der Waals surface area contributed by atoms with Gasteiger partial charge in [0.1, 0.15) is 10.4 Å². The summed E-state index contributed by atoms with van der Waals surface area (Å²) >= 11 is 12.8. The van der Waals surface area contributed by atoms with Crippen LogP contribution in [0.25, 0.3) is 0 Å². The van der Waals surface area contributed by atoms with Crippen LogP contribution in [0.3, 0.4) is 0 Å². The number of hydrogen-bond donors (Lipinski definition) is 2. The predicted octanol–water partition coefficient (Wildman–Crippen LogP) is 3.49. The first-order valence-corrected chi connectivity index (χ1v) is 8.12. The maximum Gasteiger partial charge on any atom is 0.254 e. The third-order valence-electron chi connectivity index (χ3n) is 2.95. The Hall–Kier alpha value is -1.56. The number of carbonyl (C=O) groups is 2. The fraction of sp³-hybridized carbons (Fsp3) is 0.200. The lowest BCUT2D eigenvalue weighted by atomic mass is 10.2. The minimum absolute atomic E-state index is 0.269. The van der Waals surface area contributed by atoms with Crippen molar-refractivity contribution in [2.45, 2.75) is 19.5 Å². The molecular weight excluding hydrogens is 343 g/mol. The lowest BCUT2D eigenvalue weighted by Crippen LogP contribution is -2.44. The Morgan fingerprint density at radius 3 is 2.50 bits per heavy atom. The van der Waals surface area contributed by atoms with Crippen LogP contribution in [0.5, 0.6) is 0 Å². The van der Waals surface area contributed by atoms with Crippen LogP contribution in [-0.4, -0.2) is 17.9 Å². The quantitative estimate of drug-likeness (QED) is 0.861. The molecule has 1 unspecified atom stereocenters. The molecule has 0 radical (unpaired) electrons. The summed E-state index contributed by atoms with van der Waals surface area (Å²) in [7, 11) is 0. The Morgan fingerprint density at radius 1 is 1.23 bits per heavy atom. The Bertz CT molecular complexity index is 673. The molecule has 0 spiro atoms. The monoisotopic (exact) mass is 356 g/mol. The van der Waals surface area contributed by atoms with E-state index < -0.39 is 11.9 Å². The van der Waals surface area contributed by atoms with E-state index in [1.165, 1.54) is 6.07 Å². The van der Waals surface area contributed by atoms with Crippen molar-refractivity contribution < 1.29 is 9.59 Å². The summed E-state index contributed by atoms with van der Waals surface area (Å²) in [5.74, 6) is -0.690. The first kappa shape index (κ1) is 16.8. The zero-order valence-corrected chi connectivity index (χ0v) is 14.1. The lowest BCUT2D eigenvalue weighted by Gasteiger charge is -2.14. The van der Waals surface area contributed by atoms with Crippen LogP contribution < -0.4 is 10.6 Å². The normalized spacial score (nSPS) is 11.8. The first-order valence-electron chi connectivity index (χ1n) is 6.54. The maximum absolute atomic E-state index is 12.0. The van der Waals surface area contributed by atoms with Crippen molar-refractivity contribution in [3.63, 3.8) is 0 Å². The van der Waals surface area contributed by atoms with Crippen LogP contribution in [-0.2, 0) is 11.3 Å². The van der Waals surface area contributed by atoms with Gasteiger partial charge in [0, 0.05) is 6.54 Å². The van der Waals surface area contributed by atoms with Gasteiger partial charge in [0.2, 0.25) is 5.91 Å². The lowest BCUT2D eigenvalue weighted by molar-refractivity contribution is -0.122. The van der Waals surface area contributed by atoms with E-state index in [1.807, 2.05) is 30.3 Å². The van der Waals surface area contributed by atoms with Gasteiger partial charge in [-0.15, -0.1) is 11.3 Å². The van der Waals surface area contributed by atoms with Crippen LogP contribution in [0, 0.1) is 0 Å². The number of rotatable bonds is 5. The summed E-state index contributed by atoms with van der Waals surface area (Å²) in [5, 5.41) is 5.36. The molecule has 2 rings (SSSR count). The molecule has 0 saturated heterocycles. The topological polar surface area (TPSA) is 58.2 Å². The molecule has 0 aliphatic carbocycles. The van der Waals surface area contributed by atoms with E-state index in [0.717, 1.165) is 16.9 Å². The second-order valence-corrected chi connectivity index (χ2v) is 6.92. The molecule has 7 heteroatoms. The van der Waals surface area contributed by atoms with E-state index in [4.69, 9.17) is 23.2 Å². The molecular formula is C15H14Cl2N2O2S. The first-order chi connectivity index (χ1) is 10.5. The summed E-state index contributed by atoms with van der Waals surface area (Å²) in [6, 6.07) is 10.3. The van der Waals surface area contributed by atoms with Crippen LogP contribution in [0.1, 0.15) is 22.8 Å². The molecule has 1 aromatic carbocycles.